The summed E-state index contributed by atoms with van der Waals surface area (Å²) in [6.07, 6.45) is -3.63. The van der Waals surface area contributed by atoms with Gasteiger partial charge in [-0.1, -0.05) is 29.8 Å². The van der Waals surface area contributed by atoms with Crippen molar-refractivity contribution in [3.8, 4) is 11.3 Å². The van der Waals surface area contributed by atoms with E-state index in [1.165, 1.54) is 50.7 Å². The molecule has 188 valence electrons. The summed E-state index contributed by atoms with van der Waals surface area (Å²) in [4.78, 5) is 12.5. The van der Waals surface area contributed by atoms with Crippen molar-refractivity contribution in [1.29, 1.82) is 0 Å². The van der Waals surface area contributed by atoms with Crippen molar-refractivity contribution < 1.29 is 26.5 Å². The number of anilines is 1. The number of fused-ring (bicyclic) bond motifs is 1. The summed E-state index contributed by atoms with van der Waals surface area (Å²) in [5.74, 6) is -1.86. The topological polar surface area (TPSA) is 67.8 Å². The van der Waals surface area contributed by atoms with Gasteiger partial charge in [0.2, 0.25) is 0 Å². The van der Waals surface area contributed by atoms with Gasteiger partial charge in [-0.05, 0) is 38.5 Å². The molecule has 3 aromatic heterocycles. The molecule has 0 radical (unpaired) electrons. The summed E-state index contributed by atoms with van der Waals surface area (Å²) in [6, 6.07) is 5.97. The monoisotopic (exact) mass is 540 g/mol. The second kappa shape index (κ2) is 9.41. The molecule has 0 bridgehead atoms. The van der Waals surface area contributed by atoms with Crippen LogP contribution in [0.15, 0.2) is 48.7 Å². The number of aryl methyl sites for hydroxylation is 1. The lowest BCUT2D eigenvalue weighted by Crippen LogP contribution is -2.29. The van der Waals surface area contributed by atoms with Crippen LogP contribution in [-0.2, 0) is 4.57 Å². The first-order valence-electron chi connectivity index (χ1n) is 10.5. The van der Waals surface area contributed by atoms with E-state index in [0.717, 1.165) is 18.2 Å². The summed E-state index contributed by atoms with van der Waals surface area (Å²) in [5, 5.41) is 2.10. The molecule has 0 fully saturated rings. The number of halogens is 6. The first kappa shape index (κ1) is 26.0. The Morgan fingerprint density at radius 1 is 1.03 bits per heavy atom. The van der Waals surface area contributed by atoms with Gasteiger partial charge in [0.05, 0.1) is 27.4 Å². The molecule has 1 aromatic carbocycles. The normalized spacial score (nSPS) is 13.1. The van der Waals surface area contributed by atoms with Crippen LogP contribution in [0.4, 0.5) is 27.6 Å². The van der Waals surface area contributed by atoms with Crippen molar-refractivity contribution in [2.45, 2.75) is 19.1 Å². The van der Waals surface area contributed by atoms with Gasteiger partial charge in [-0.2, -0.15) is 13.2 Å². The van der Waals surface area contributed by atoms with Crippen LogP contribution in [0.5, 0.6) is 0 Å². The van der Waals surface area contributed by atoms with E-state index in [0.29, 0.717) is 5.44 Å². The number of hydrogen-bond donors (Lipinski definition) is 1. The van der Waals surface area contributed by atoms with Crippen LogP contribution in [0, 0.1) is 18.6 Å². The Kier molecular flexibility index (Phi) is 6.79. The van der Waals surface area contributed by atoms with Crippen LogP contribution >= 0.6 is 18.7 Å². The highest BCUT2D eigenvalue weighted by atomic mass is 35.5. The SMILES string of the molecule is Cc1nc2cc(F)c(-c3ccc(P(C)(C)=O)nc3)nc2c(NC(c2ccccc2F)C(F)(F)F)c1Cl. The molecule has 0 saturated carbocycles. The second-order valence-electron chi connectivity index (χ2n) is 8.47. The van der Waals surface area contributed by atoms with Gasteiger partial charge in [0.25, 0.3) is 0 Å². The van der Waals surface area contributed by atoms with Crippen molar-refractivity contribution in [2.24, 2.45) is 0 Å². The Bertz CT molecular complexity index is 1510. The van der Waals surface area contributed by atoms with Crippen LogP contribution in [0.3, 0.4) is 0 Å². The predicted molar refractivity (Wildman–Crippen MR) is 130 cm³/mol. The first-order chi connectivity index (χ1) is 16.8. The maximum Gasteiger partial charge on any atom is 0.412 e. The van der Waals surface area contributed by atoms with Crippen LogP contribution in [0.2, 0.25) is 5.02 Å². The molecule has 1 unspecified atom stereocenters. The Labute approximate surface area is 208 Å². The molecule has 0 saturated heterocycles. The van der Waals surface area contributed by atoms with Crippen molar-refractivity contribution >= 4 is 40.9 Å². The summed E-state index contributed by atoms with van der Waals surface area (Å²) in [6.45, 7) is 4.51. The highest BCUT2D eigenvalue weighted by Gasteiger charge is 2.43. The molecular weight excluding hydrogens is 522 g/mol. The summed E-state index contributed by atoms with van der Waals surface area (Å²) in [5.41, 5.74) is -0.675. The maximum atomic E-state index is 15.0. The van der Waals surface area contributed by atoms with E-state index >= 15 is 4.39 Å². The average molecular weight is 541 g/mol. The highest BCUT2D eigenvalue weighted by Crippen LogP contribution is 2.41. The third-order valence-corrected chi connectivity index (χ3v) is 7.25. The highest BCUT2D eigenvalue weighted by molar-refractivity contribution is 7.69. The molecule has 12 heteroatoms. The predicted octanol–water partition coefficient (Wildman–Crippen LogP) is 6.90. The third kappa shape index (κ3) is 5.06. The van der Waals surface area contributed by atoms with Gasteiger partial charge in [0.15, 0.2) is 11.9 Å². The zero-order valence-electron chi connectivity index (χ0n) is 19.2. The zero-order valence-corrected chi connectivity index (χ0v) is 20.8. The fourth-order valence-corrected chi connectivity index (χ4v) is 4.59. The van der Waals surface area contributed by atoms with Crippen LogP contribution in [-0.4, -0.2) is 34.5 Å². The quantitative estimate of drug-likeness (QED) is 0.220. The minimum Gasteiger partial charge on any atom is -0.367 e. The molecule has 3 heterocycles. The van der Waals surface area contributed by atoms with E-state index in [4.69, 9.17) is 11.6 Å². The second-order valence-corrected chi connectivity index (χ2v) is 12.0. The lowest BCUT2D eigenvalue weighted by atomic mass is 10.0. The molecule has 1 N–H and O–H groups in total. The molecule has 0 spiro atoms. The molecule has 1 atom stereocenters. The number of hydrogen-bond acceptors (Lipinski definition) is 5. The lowest BCUT2D eigenvalue weighted by molar-refractivity contribution is -0.144. The van der Waals surface area contributed by atoms with Crippen molar-refractivity contribution in [3.05, 3.63) is 76.6 Å². The standard InChI is InChI=1S/C24H19ClF5N4OP/c1-12-19(25)22(34-23(24(28,29)30)14-6-4-5-7-15(14)26)21-17(32-12)10-16(27)20(33-21)13-8-9-18(31-11-13)36(2,3)35/h4-11,23H,1-3H3,(H,32,34). The van der Waals surface area contributed by atoms with E-state index in [9.17, 15) is 22.1 Å². The third-order valence-electron chi connectivity index (χ3n) is 5.42. The Balaban J connectivity index is 1.90. The number of alkyl halides is 3. The van der Waals surface area contributed by atoms with Gasteiger partial charge in [0.1, 0.15) is 24.2 Å². The Morgan fingerprint density at radius 2 is 1.72 bits per heavy atom. The summed E-state index contributed by atoms with van der Waals surface area (Å²) in [7, 11) is -2.67. The minimum absolute atomic E-state index is 0.0497. The molecule has 4 aromatic rings. The first-order valence-corrected chi connectivity index (χ1v) is 13.5. The maximum absolute atomic E-state index is 15.0. The molecule has 36 heavy (non-hydrogen) atoms. The molecular formula is C24H19ClF5N4OP. The molecule has 5 nitrogen and oxygen atoms in total. The van der Waals surface area contributed by atoms with Crippen molar-refractivity contribution in [2.75, 3.05) is 18.6 Å². The summed E-state index contributed by atoms with van der Waals surface area (Å²) >= 11 is 6.34. The van der Waals surface area contributed by atoms with E-state index in [2.05, 4.69) is 20.3 Å². The molecule has 4 rings (SSSR count). The number of benzene rings is 1. The fraction of sp³-hybridized carbons (Fsp3) is 0.208. The van der Waals surface area contributed by atoms with Crippen molar-refractivity contribution in [1.82, 2.24) is 15.0 Å². The van der Waals surface area contributed by atoms with E-state index in [1.807, 2.05) is 0 Å². The molecule has 0 aliphatic carbocycles. The van der Waals surface area contributed by atoms with E-state index in [1.54, 1.807) is 0 Å². The van der Waals surface area contributed by atoms with Crippen LogP contribution < -0.4 is 10.8 Å². The average Bonchev–Trinajstić information content (AvgIpc) is 2.79. The van der Waals surface area contributed by atoms with E-state index in [-0.39, 0.29) is 38.7 Å². The zero-order chi connectivity index (χ0) is 26.4. The number of rotatable bonds is 5. The molecule has 0 aliphatic heterocycles. The fourth-order valence-electron chi connectivity index (χ4n) is 3.63. The minimum atomic E-state index is -4.91. The largest absolute Gasteiger partial charge is 0.412 e. The number of aromatic nitrogens is 3. The number of pyridine rings is 3. The van der Waals surface area contributed by atoms with Gasteiger partial charge in [0, 0.05) is 23.4 Å². The number of nitrogens with zero attached hydrogens (tertiary/aromatic N) is 3. The van der Waals surface area contributed by atoms with E-state index < -0.39 is 36.6 Å². The van der Waals surface area contributed by atoms with Crippen LogP contribution in [0.25, 0.3) is 22.3 Å². The van der Waals surface area contributed by atoms with Crippen LogP contribution in [0.1, 0.15) is 17.3 Å². The smallest absolute Gasteiger partial charge is 0.367 e. The van der Waals surface area contributed by atoms with Gasteiger partial charge in [-0.15, -0.1) is 0 Å². The summed E-state index contributed by atoms with van der Waals surface area (Å²) < 4.78 is 83.7. The Hall–Kier alpha value is -3.10. The van der Waals surface area contributed by atoms with Gasteiger partial charge < -0.3 is 9.88 Å². The molecule has 0 amide bonds. The lowest BCUT2D eigenvalue weighted by Gasteiger charge is -2.25. The molecule has 0 aliphatic rings. The van der Waals surface area contributed by atoms with Gasteiger partial charge in [-0.25, -0.2) is 18.7 Å². The number of nitrogens with one attached hydrogen (secondary N) is 1. The van der Waals surface area contributed by atoms with Gasteiger partial charge in [-0.3, -0.25) is 4.98 Å². The van der Waals surface area contributed by atoms with Crippen molar-refractivity contribution in [3.63, 3.8) is 0 Å². The Morgan fingerprint density at radius 3 is 2.31 bits per heavy atom. The van der Waals surface area contributed by atoms with Gasteiger partial charge >= 0.3 is 6.18 Å².